The smallest absolute Gasteiger partial charge is 0.328 e. The van der Waals surface area contributed by atoms with Gasteiger partial charge in [-0.15, -0.1) is 0 Å². The second-order valence-electron chi connectivity index (χ2n) is 4.86. The average Bonchev–Trinajstić information content (AvgIpc) is 3.16. The number of benzene rings is 1. The van der Waals surface area contributed by atoms with Crippen molar-refractivity contribution >= 4 is 23.3 Å². The molecule has 0 bridgehead atoms. The molecule has 3 rings (SSSR count). The maximum absolute atomic E-state index is 12.3. The quantitative estimate of drug-likeness (QED) is 0.643. The van der Waals surface area contributed by atoms with E-state index in [0.29, 0.717) is 6.54 Å². The van der Waals surface area contributed by atoms with Crippen molar-refractivity contribution in [3.63, 3.8) is 0 Å². The van der Waals surface area contributed by atoms with Crippen LogP contribution in [0.15, 0.2) is 24.3 Å². The van der Waals surface area contributed by atoms with E-state index in [1.165, 1.54) is 24.3 Å². The Kier molecular flexibility index (Phi) is 2.31. The van der Waals surface area contributed by atoms with E-state index in [1.54, 1.807) is 0 Å². The number of nitro groups is 1. The molecule has 0 atom stereocenters. The zero-order chi connectivity index (χ0) is 13.6. The predicted octanol–water partition coefficient (Wildman–Crippen LogP) is 1.43. The van der Waals surface area contributed by atoms with Gasteiger partial charge in [0.25, 0.3) is 5.69 Å². The van der Waals surface area contributed by atoms with Gasteiger partial charge >= 0.3 is 6.03 Å². The van der Waals surface area contributed by atoms with Gasteiger partial charge < -0.3 is 5.32 Å². The van der Waals surface area contributed by atoms with Crippen LogP contribution in [-0.4, -0.2) is 23.4 Å². The number of carbonyl (C=O) groups is 2. The van der Waals surface area contributed by atoms with Gasteiger partial charge in [-0.2, -0.15) is 0 Å². The minimum absolute atomic E-state index is 0.145. The number of non-ortho nitro benzene ring substituents is 1. The lowest BCUT2D eigenvalue weighted by molar-refractivity contribution is -0.384. The van der Waals surface area contributed by atoms with Gasteiger partial charge in [0.1, 0.15) is 0 Å². The first-order valence-electron chi connectivity index (χ1n) is 5.90. The molecule has 1 saturated heterocycles. The molecule has 1 aliphatic carbocycles. The Hall–Kier alpha value is -2.44. The third-order valence-corrected chi connectivity index (χ3v) is 3.59. The van der Waals surface area contributed by atoms with E-state index in [2.05, 4.69) is 5.32 Å². The molecule has 1 spiro atoms. The zero-order valence-electron chi connectivity index (χ0n) is 9.96. The molecule has 2 fully saturated rings. The fraction of sp³-hybridized carbons (Fsp3) is 0.333. The van der Waals surface area contributed by atoms with Crippen LogP contribution in [-0.2, 0) is 4.79 Å². The highest BCUT2D eigenvalue weighted by atomic mass is 16.6. The molecule has 0 radical (unpaired) electrons. The maximum Gasteiger partial charge on any atom is 0.328 e. The molecule has 1 N–H and O–H groups in total. The first-order chi connectivity index (χ1) is 9.03. The number of hydrogen-bond acceptors (Lipinski definition) is 4. The third kappa shape index (κ3) is 1.74. The summed E-state index contributed by atoms with van der Waals surface area (Å²) >= 11 is 0. The van der Waals surface area contributed by atoms with Crippen molar-refractivity contribution in [3.05, 3.63) is 34.4 Å². The molecule has 7 nitrogen and oxygen atoms in total. The highest BCUT2D eigenvalue weighted by Gasteiger charge is 2.56. The lowest BCUT2D eigenvalue weighted by atomic mass is 10.0. The molecule has 98 valence electrons. The number of nitro benzene ring substituents is 1. The van der Waals surface area contributed by atoms with Gasteiger partial charge in [-0.05, 0) is 18.9 Å². The van der Waals surface area contributed by atoms with E-state index in [-0.39, 0.29) is 17.3 Å². The lowest BCUT2D eigenvalue weighted by Crippen LogP contribution is -2.56. The van der Waals surface area contributed by atoms with Crippen LogP contribution in [0.1, 0.15) is 12.8 Å². The number of anilines is 1. The summed E-state index contributed by atoms with van der Waals surface area (Å²) in [6.45, 7) is 0.357. The minimum atomic E-state index is -0.553. The summed E-state index contributed by atoms with van der Waals surface area (Å²) in [7, 11) is 0. The summed E-state index contributed by atoms with van der Waals surface area (Å²) < 4.78 is 0. The summed E-state index contributed by atoms with van der Waals surface area (Å²) in [4.78, 5) is 35.3. The number of carbonyl (C=O) groups excluding carboxylic acids is 2. The Labute approximate surface area is 108 Å². The Morgan fingerprint density at radius 2 is 2.05 bits per heavy atom. The molecule has 19 heavy (non-hydrogen) atoms. The van der Waals surface area contributed by atoms with Crippen molar-refractivity contribution in [1.29, 1.82) is 0 Å². The molecular formula is C12H11N3O4. The van der Waals surface area contributed by atoms with Crippen molar-refractivity contribution in [2.75, 3.05) is 11.4 Å². The van der Waals surface area contributed by atoms with Gasteiger partial charge in [0.15, 0.2) is 0 Å². The zero-order valence-corrected chi connectivity index (χ0v) is 9.96. The van der Waals surface area contributed by atoms with Gasteiger partial charge in [-0.25, -0.2) is 9.69 Å². The molecule has 0 unspecified atom stereocenters. The van der Waals surface area contributed by atoms with Gasteiger partial charge in [-0.3, -0.25) is 14.9 Å². The number of imide groups is 1. The second-order valence-corrected chi connectivity index (χ2v) is 4.86. The second kappa shape index (κ2) is 3.78. The van der Waals surface area contributed by atoms with E-state index < -0.39 is 16.4 Å². The van der Waals surface area contributed by atoms with Gasteiger partial charge in [-0.1, -0.05) is 6.07 Å². The molecule has 1 saturated carbocycles. The van der Waals surface area contributed by atoms with Crippen molar-refractivity contribution in [2.24, 2.45) is 5.41 Å². The van der Waals surface area contributed by atoms with Crippen LogP contribution in [0.2, 0.25) is 0 Å². The van der Waals surface area contributed by atoms with E-state index in [9.17, 15) is 19.7 Å². The first-order valence-corrected chi connectivity index (χ1v) is 5.90. The number of amides is 3. The summed E-state index contributed by atoms with van der Waals surface area (Å²) in [5, 5.41) is 13.4. The molecule has 1 aromatic carbocycles. The normalized spacial score (nSPS) is 20.3. The lowest BCUT2D eigenvalue weighted by Gasteiger charge is -2.31. The highest BCUT2D eigenvalue weighted by Crippen LogP contribution is 2.48. The van der Waals surface area contributed by atoms with E-state index in [4.69, 9.17) is 0 Å². The van der Waals surface area contributed by atoms with Crippen LogP contribution in [0.4, 0.5) is 16.2 Å². The summed E-state index contributed by atoms with van der Waals surface area (Å²) in [5.41, 5.74) is -0.394. The van der Waals surface area contributed by atoms with Crippen LogP contribution in [0, 0.1) is 15.5 Å². The number of urea groups is 1. The van der Waals surface area contributed by atoms with E-state index in [0.717, 1.165) is 17.7 Å². The number of rotatable bonds is 2. The molecule has 1 aliphatic heterocycles. The topological polar surface area (TPSA) is 92.6 Å². The summed E-state index contributed by atoms with van der Waals surface area (Å²) in [6, 6.07) is 5.01. The van der Waals surface area contributed by atoms with Crippen molar-refractivity contribution in [1.82, 2.24) is 5.32 Å². The molecule has 3 amide bonds. The molecular weight excluding hydrogens is 250 g/mol. The molecule has 0 aromatic heterocycles. The largest absolute Gasteiger partial charge is 0.336 e. The first kappa shape index (κ1) is 11.6. The third-order valence-electron chi connectivity index (χ3n) is 3.59. The van der Waals surface area contributed by atoms with Crippen LogP contribution < -0.4 is 10.2 Å². The fourth-order valence-electron chi connectivity index (χ4n) is 2.25. The summed E-state index contributed by atoms with van der Waals surface area (Å²) in [6.07, 6.45) is 1.50. The van der Waals surface area contributed by atoms with Crippen molar-refractivity contribution in [2.45, 2.75) is 12.8 Å². The van der Waals surface area contributed by atoms with Gasteiger partial charge in [0, 0.05) is 18.7 Å². The van der Waals surface area contributed by atoms with Crippen LogP contribution in [0.5, 0.6) is 0 Å². The minimum Gasteiger partial charge on any atom is -0.336 e. The Morgan fingerprint density at radius 3 is 2.68 bits per heavy atom. The number of nitrogens with zero attached hydrogens (tertiary/aromatic N) is 2. The van der Waals surface area contributed by atoms with Crippen LogP contribution in [0.3, 0.4) is 0 Å². The van der Waals surface area contributed by atoms with Crippen LogP contribution in [0.25, 0.3) is 0 Å². The Morgan fingerprint density at radius 1 is 1.32 bits per heavy atom. The van der Waals surface area contributed by atoms with Crippen LogP contribution >= 0.6 is 0 Å². The number of hydrogen-bond donors (Lipinski definition) is 1. The molecule has 7 heteroatoms. The molecule has 1 heterocycles. The fourth-order valence-corrected chi connectivity index (χ4v) is 2.25. The monoisotopic (exact) mass is 261 g/mol. The van der Waals surface area contributed by atoms with Crippen molar-refractivity contribution < 1.29 is 14.5 Å². The van der Waals surface area contributed by atoms with Gasteiger partial charge in [0.2, 0.25) is 5.91 Å². The Bertz CT molecular complexity index is 594. The number of nitrogens with one attached hydrogen (secondary N) is 1. The average molecular weight is 261 g/mol. The SMILES string of the molecule is O=C1NCC2(CC2)C(=O)N1c1cccc([N+](=O)[O-])c1. The Balaban J connectivity index is 1.99. The highest BCUT2D eigenvalue weighted by molar-refractivity contribution is 6.18. The van der Waals surface area contributed by atoms with Gasteiger partial charge in [0.05, 0.1) is 16.0 Å². The molecule has 1 aromatic rings. The summed E-state index contributed by atoms with van der Waals surface area (Å²) in [5.74, 6) is -0.267. The van der Waals surface area contributed by atoms with E-state index >= 15 is 0 Å². The van der Waals surface area contributed by atoms with E-state index in [1.807, 2.05) is 0 Å². The molecule has 2 aliphatic rings. The van der Waals surface area contributed by atoms with Crippen molar-refractivity contribution in [3.8, 4) is 0 Å². The standard InChI is InChI=1S/C12H11N3O4/c16-10-12(4-5-12)7-13-11(17)14(10)8-2-1-3-9(6-8)15(18)19/h1-3,6H,4-5,7H2,(H,13,17). The maximum atomic E-state index is 12.3. The predicted molar refractivity (Wildman–Crippen MR) is 65.6 cm³/mol.